The predicted octanol–water partition coefficient (Wildman–Crippen LogP) is 13.6. The molecule has 41 heavy (non-hydrogen) atoms. The van der Waals surface area contributed by atoms with Gasteiger partial charge < -0.3 is 14.7 Å². The van der Waals surface area contributed by atoms with E-state index in [2.05, 4.69) is 27.7 Å². The molecule has 0 spiro atoms. The van der Waals surface area contributed by atoms with E-state index in [1.807, 2.05) is 0 Å². The summed E-state index contributed by atoms with van der Waals surface area (Å²) >= 11 is 0. The Bertz CT molecular complexity index is 394. The summed E-state index contributed by atoms with van der Waals surface area (Å²) in [6.45, 7) is 9.18. The van der Waals surface area contributed by atoms with Crippen LogP contribution in [0.4, 0.5) is 0 Å². The minimum Gasteiger partial charge on any atom is -0.303 e. The molecule has 0 radical (unpaired) electrons. The fourth-order valence-corrected chi connectivity index (χ4v) is 5.24. The van der Waals surface area contributed by atoms with Crippen LogP contribution in [0.3, 0.4) is 0 Å². The van der Waals surface area contributed by atoms with E-state index in [9.17, 15) is 0 Å². The minimum atomic E-state index is -4.64. The van der Waals surface area contributed by atoms with Crippen LogP contribution < -0.4 is 0 Å². The van der Waals surface area contributed by atoms with Crippen molar-refractivity contribution in [1.82, 2.24) is 0 Å². The summed E-state index contributed by atoms with van der Waals surface area (Å²) in [6.07, 6.45) is 46.8. The highest BCUT2D eigenvalue weighted by Gasteiger charge is 2.00. The number of unbranched alkanes of at least 4 members (excludes halogenated alkanes) is 30. The molecular formula is C36H79O4P. The van der Waals surface area contributed by atoms with Gasteiger partial charge in [-0.3, -0.25) is 0 Å². The van der Waals surface area contributed by atoms with Gasteiger partial charge in [0.05, 0.1) is 0 Å². The molecule has 0 aromatic carbocycles. The van der Waals surface area contributed by atoms with Crippen LogP contribution in [0.15, 0.2) is 0 Å². The maximum Gasteiger partial charge on any atom is 0.466 e. The smallest absolute Gasteiger partial charge is 0.303 e. The van der Waals surface area contributed by atoms with Crippen LogP contribution in [0, 0.1) is 0 Å². The lowest BCUT2D eigenvalue weighted by Gasteiger charge is -2.03. The van der Waals surface area contributed by atoms with Crippen LogP contribution in [0.5, 0.6) is 0 Å². The van der Waals surface area contributed by atoms with Gasteiger partial charge in [-0.1, -0.05) is 233 Å². The third-order valence-corrected chi connectivity index (χ3v) is 7.91. The van der Waals surface area contributed by atoms with Crippen LogP contribution in [-0.2, 0) is 4.57 Å². The molecule has 0 aromatic heterocycles. The first-order valence-corrected chi connectivity index (χ1v) is 20.2. The fourth-order valence-electron chi connectivity index (χ4n) is 5.24. The second-order valence-corrected chi connectivity index (χ2v) is 13.4. The molecule has 0 bridgehead atoms. The third kappa shape index (κ3) is 64.3. The normalized spacial score (nSPS) is 11.1. The maximum atomic E-state index is 8.88. The molecule has 0 saturated carbocycles. The summed E-state index contributed by atoms with van der Waals surface area (Å²) in [4.78, 5) is 21.6. The van der Waals surface area contributed by atoms with Crippen molar-refractivity contribution in [3.63, 3.8) is 0 Å². The predicted molar refractivity (Wildman–Crippen MR) is 185 cm³/mol. The second-order valence-electron chi connectivity index (χ2n) is 12.4. The molecule has 0 aromatic rings. The zero-order chi connectivity index (χ0) is 31.1. The average Bonchev–Trinajstić information content (AvgIpc) is 2.93. The molecule has 0 aliphatic carbocycles. The maximum absolute atomic E-state index is 8.88. The molecule has 3 N–H and O–H groups in total. The van der Waals surface area contributed by atoms with Gasteiger partial charge in [0.15, 0.2) is 0 Å². The number of rotatable bonds is 30. The molecule has 0 fully saturated rings. The highest BCUT2D eigenvalue weighted by atomic mass is 31.2. The molecule has 5 heteroatoms. The topological polar surface area (TPSA) is 77.8 Å². The Morgan fingerprint density at radius 3 is 0.415 bits per heavy atom. The van der Waals surface area contributed by atoms with E-state index >= 15 is 0 Å². The molecule has 4 nitrogen and oxygen atoms in total. The van der Waals surface area contributed by atoms with E-state index in [1.54, 1.807) is 0 Å². The molecule has 0 atom stereocenters. The first-order valence-electron chi connectivity index (χ1n) is 18.6. The van der Waals surface area contributed by atoms with Gasteiger partial charge in [0.2, 0.25) is 0 Å². The molecule has 0 unspecified atom stereocenters. The quantitative estimate of drug-likeness (QED) is 0.0561. The second kappa shape index (κ2) is 42.2. The first-order chi connectivity index (χ1) is 19.8. The molecule has 0 rings (SSSR count). The van der Waals surface area contributed by atoms with E-state index < -0.39 is 7.82 Å². The van der Waals surface area contributed by atoms with Gasteiger partial charge in [-0.2, -0.15) is 0 Å². The van der Waals surface area contributed by atoms with Crippen molar-refractivity contribution in [2.75, 3.05) is 0 Å². The Labute approximate surface area is 259 Å². The SMILES string of the molecule is CCCCCCCCCCCCCCCCCC.CCCCCCCCCCCCCCCCCC.O=P(O)(O)O. The van der Waals surface area contributed by atoms with Crippen LogP contribution in [0.25, 0.3) is 0 Å². The van der Waals surface area contributed by atoms with Crippen molar-refractivity contribution in [3.8, 4) is 0 Å². The monoisotopic (exact) mass is 607 g/mol. The zero-order valence-electron chi connectivity index (χ0n) is 28.8. The van der Waals surface area contributed by atoms with Gasteiger partial charge in [0, 0.05) is 0 Å². The summed E-state index contributed by atoms with van der Waals surface area (Å²) in [5.74, 6) is 0. The van der Waals surface area contributed by atoms with E-state index in [0.717, 1.165) is 0 Å². The number of phosphoric acid groups is 1. The summed E-state index contributed by atoms with van der Waals surface area (Å²) in [5, 5.41) is 0. The minimum absolute atomic E-state index is 1.37. The van der Waals surface area contributed by atoms with Gasteiger partial charge in [-0.15, -0.1) is 0 Å². The molecular weight excluding hydrogens is 527 g/mol. The van der Waals surface area contributed by atoms with Crippen molar-refractivity contribution in [1.29, 1.82) is 0 Å². The molecule has 0 aliphatic heterocycles. The highest BCUT2D eigenvalue weighted by molar-refractivity contribution is 7.45. The van der Waals surface area contributed by atoms with Gasteiger partial charge >= 0.3 is 7.82 Å². The Morgan fingerprint density at radius 1 is 0.268 bits per heavy atom. The van der Waals surface area contributed by atoms with Crippen LogP contribution in [-0.4, -0.2) is 14.7 Å². The average molecular weight is 607 g/mol. The standard InChI is InChI=1S/2C18H38.H3O4P/c2*1-3-5-7-9-11-13-15-17-18-16-14-12-10-8-6-4-2;1-5(2,3)4/h2*3-18H2,1-2H3;(H3,1,2,3,4). The van der Waals surface area contributed by atoms with Crippen LogP contribution >= 0.6 is 7.82 Å². The Hall–Kier alpha value is 0.110. The Kier molecular flexibility index (Phi) is 46.9. The van der Waals surface area contributed by atoms with E-state index in [-0.39, 0.29) is 0 Å². The highest BCUT2D eigenvalue weighted by Crippen LogP contribution is 2.25. The lowest BCUT2D eigenvalue weighted by molar-refractivity contribution is 0.275. The van der Waals surface area contributed by atoms with Gasteiger partial charge in [-0.05, 0) is 0 Å². The summed E-state index contributed by atoms with van der Waals surface area (Å²) in [6, 6.07) is 0. The van der Waals surface area contributed by atoms with Crippen molar-refractivity contribution >= 4 is 7.82 Å². The Balaban J connectivity index is -0.000000604. The van der Waals surface area contributed by atoms with E-state index in [4.69, 9.17) is 19.2 Å². The lowest BCUT2D eigenvalue weighted by atomic mass is 10.0. The first kappa shape index (κ1) is 45.5. The summed E-state index contributed by atoms with van der Waals surface area (Å²) in [7, 11) is -4.64. The molecule has 0 saturated heterocycles. The fraction of sp³-hybridized carbons (Fsp3) is 1.00. The van der Waals surface area contributed by atoms with Crippen molar-refractivity contribution in [2.24, 2.45) is 0 Å². The van der Waals surface area contributed by atoms with Crippen molar-refractivity contribution < 1.29 is 19.2 Å². The molecule has 0 aliphatic rings. The summed E-state index contributed by atoms with van der Waals surface area (Å²) in [5.41, 5.74) is 0. The van der Waals surface area contributed by atoms with Crippen molar-refractivity contribution in [2.45, 2.75) is 233 Å². The van der Waals surface area contributed by atoms with Crippen molar-refractivity contribution in [3.05, 3.63) is 0 Å². The van der Waals surface area contributed by atoms with Gasteiger partial charge in [0.25, 0.3) is 0 Å². The number of hydrogen-bond donors (Lipinski definition) is 3. The van der Waals surface area contributed by atoms with E-state index in [0.29, 0.717) is 0 Å². The lowest BCUT2D eigenvalue weighted by Crippen LogP contribution is -1.83. The van der Waals surface area contributed by atoms with Gasteiger partial charge in [-0.25, -0.2) is 4.57 Å². The molecule has 0 heterocycles. The van der Waals surface area contributed by atoms with E-state index in [1.165, 1.54) is 205 Å². The van der Waals surface area contributed by atoms with Crippen LogP contribution in [0.2, 0.25) is 0 Å². The molecule has 252 valence electrons. The molecule has 0 amide bonds. The third-order valence-electron chi connectivity index (χ3n) is 7.91. The van der Waals surface area contributed by atoms with Crippen LogP contribution in [0.1, 0.15) is 233 Å². The van der Waals surface area contributed by atoms with Gasteiger partial charge in [0.1, 0.15) is 0 Å². The summed E-state index contributed by atoms with van der Waals surface area (Å²) < 4.78 is 8.88. The number of hydrogen-bond acceptors (Lipinski definition) is 1. The Morgan fingerprint density at radius 2 is 0.341 bits per heavy atom. The largest absolute Gasteiger partial charge is 0.466 e. The zero-order valence-corrected chi connectivity index (χ0v) is 29.7.